The van der Waals surface area contributed by atoms with Gasteiger partial charge in [0.25, 0.3) is 11.8 Å². The smallest absolute Gasteiger partial charge is 0.475 e. The molecule has 0 spiro atoms. The van der Waals surface area contributed by atoms with Crippen molar-refractivity contribution in [1.29, 1.82) is 0 Å². The lowest BCUT2D eigenvalue weighted by atomic mass is 10.1. The third kappa shape index (κ3) is 7.82. The number of aliphatic carboxylic acids is 1. The van der Waals surface area contributed by atoms with Crippen molar-refractivity contribution in [3.05, 3.63) is 106 Å². The molecular weight excluding hydrogens is 649 g/mol. The van der Waals surface area contributed by atoms with E-state index in [1.54, 1.807) is 45.9 Å². The van der Waals surface area contributed by atoms with Gasteiger partial charge in [0.05, 0.1) is 12.2 Å². The van der Waals surface area contributed by atoms with E-state index in [0.29, 0.717) is 42.3 Å². The first-order valence-electron chi connectivity index (χ1n) is 15.4. The van der Waals surface area contributed by atoms with Crippen molar-refractivity contribution in [3.63, 3.8) is 0 Å². The number of benzene rings is 3. The lowest BCUT2D eigenvalue weighted by Gasteiger charge is -2.29. The third-order valence-electron chi connectivity index (χ3n) is 8.50. The molecule has 252 valence electrons. The molecule has 0 aliphatic carbocycles. The van der Waals surface area contributed by atoms with Gasteiger partial charge >= 0.3 is 12.1 Å². The van der Waals surface area contributed by atoms with Gasteiger partial charge in [-0.15, -0.1) is 0 Å². The molecule has 48 heavy (non-hydrogen) atoms. The van der Waals surface area contributed by atoms with Crippen molar-refractivity contribution in [2.24, 2.45) is 0 Å². The number of anilines is 2. The van der Waals surface area contributed by atoms with Crippen LogP contribution in [0.5, 0.6) is 0 Å². The largest absolute Gasteiger partial charge is 0.490 e. The van der Waals surface area contributed by atoms with Gasteiger partial charge in [0.2, 0.25) is 5.91 Å². The molecule has 6 rings (SSSR count). The molecule has 3 aliphatic rings. The minimum absolute atomic E-state index is 0.00187. The highest BCUT2D eigenvalue weighted by Gasteiger charge is 2.38. The molecule has 0 saturated carbocycles. The third-order valence-corrected chi connectivity index (χ3v) is 8.76. The van der Waals surface area contributed by atoms with Crippen LogP contribution in [0, 0.1) is 0 Å². The highest BCUT2D eigenvalue weighted by molar-refractivity contribution is 6.30. The van der Waals surface area contributed by atoms with Gasteiger partial charge in [-0.25, -0.2) is 4.79 Å². The number of carbonyl (C=O) groups is 4. The Morgan fingerprint density at radius 2 is 1.44 bits per heavy atom. The minimum Gasteiger partial charge on any atom is -0.475 e. The van der Waals surface area contributed by atoms with Gasteiger partial charge in [0.15, 0.2) is 0 Å². The number of carboxylic acid groups (broad SMARTS) is 1. The maximum atomic E-state index is 14.1. The van der Waals surface area contributed by atoms with Gasteiger partial charge < -0.3 is 24.7 Å². The molecule has 1 N–H and O–H groups in total. The van der Waals surface area contributed by atoms with E-state index in [1.807, 2.05) is 36.4 Å². The Morgan fingerprint density at radius 3 is 2.02 bits per heavy atom. The molecule has 13 heteroatoms. The van der Waals surface area contributed by atoms with E-state index in [9.17, 15) is 27.6 Å². The van der Waals surface area contributed by atoms with Crippen molar-refractivity contribution in [1.82, 2.24) is 9.80 Å². The number of carbonyl (C=O) groups excluding carboxylic acids is 3. The Kier molecular flexibility index (Phi) is 10.4. The second-order valence-electron chi connectivity index (χ2n) is 11.7. The summed E-state index contributed by atoms with van der Waals surface area (Å²) in [6.45, 7) is 5.69. The highest BCUT2D eigenvalue weighted by atomic mass is 35.5. The van der Waals surface area contributed by atoms with Gasteiger partial charge in [-0.1, -0.05) is 42.0 Å². The molecule has 3 heterocycles. The van der Waals surface area contributed by atoms with Crippen molar-refractivity contribution >= 4 is 46.7 Å². The number of halogens is 4. The highest BCUT2D eigenvalue weighted by Crippen LogP contribution is 2.35. The van der Waals surface area contributed by atoms with E-state index < -0.39 is 18.2 Å². The lowest BCUT2D eigenvalue weighted by molar-refractivity contribution is -0.192. The molecule has 3 aliphatic heterocycles. The van der Waals surface area contributed by atoms with Crippen molar-refractivity contribution in [2.45, 2.75) is 45.1 Å². The van der Waals surface area contributed by atoms with Crippen molar-refractivity contribution in [2.75, 3.05) is 36.0 Å². The summed E-state index contributed by atoms with van der Waals surface area (Å²) in [7, 11) is 0. The summed E-state index contributed by atoms with van der Waals surface area (Å²) in [6, 6.07) is 19.8. The molecule has 1 saturated heterocycles. The molecular formula is C35H34ClF3N4O5. The fourth-order valence-electron chi connectivity index (χ4n) is 5.84. The van der Waals surface area contributed by atoms with Gasteiger partial charge in [-0.05, 0) is 79.4 Å². The summed E-state index contributed by atoms with van der Waals surface area (Å²) in [4.78, 5) is 57.1. The van der Waals surface area contributed by atoms with Crippen LogP contribution in [0.15, 0.2) is 78.9 Å². The molecule has 1 fully saturated rings. The van der Waals surface area contributed by atoms with Crippen LogP contribution in [0.1, 0.15) is 51.6 Å². The van der Waals surface area contributed by atoms with E-state index in [4.69, 9.17) is 21.5 Å². The summed E-state index contributed by atoms with van der Waals surface area (Å²) in [5.74, 6) is -3.11. The topological polar surface area (TPSA) is 101 Å². The monoisotopic (exact) mass is 682 g/mol. The summed E-state index contributed by atoms with van der Waals surface area (Å²) < 4.78 is 31.7. The number of hydrogen-bond acceptors (Lipinski definition) is 5. The molecule has 0 radical (unpaired) electrons. The fourth-order valence-corrected chi connectivity index (χ4v) is 5.96. The summed E-state index contributed by atoms with van der Waals surface area (Å²) in [6.07, 6.45) is 1.21. The second kappa shape index (κ2) is 14.5. The first-order valence-corrected chi connectivity index (χ1v) is 15.8. The van der Waals surface area contributed by atoms with E-state index in [2.05, 4.69) is 23.1 Å². The number of hydrogen-bond donors (Lipinski definition) is 1. The second-order valence-corrected chi connectivity index (χ2v) is 12.2. The first-order chi connectivity index (χ1) is 22.8. The number of nitrogens with zero attached hydrogens (tertiary/aromatic N) is 4. The number of amides is 3. The summed E-state index contributed by atoms with van der Waals surface area (Å²) in [5, 5.41) is 7.68. The Bertz CT molecular complexity index is 1700. The molecule has 3 aromatic rings. The summed E-state index contributed by atoms with van der Waals surface area (Å²) in [5.41, 5.74) is 4.86. The zero-order valence-electron chi connectivity index (χ0n) is 26.1. The van der Waals surface area contributed by atoms with Gasteiger partial charge in [0.1, 0.15) is 6.04 Å². The normalized spacial score (nSPS) is 17.5. The quantitative estimate of drug-likeness (QED) is 0.324. The molecule has 0 bridgehead atoms. The van der Waals surface area contributed by atoms with E-state index in [0.717, 1.165) is 48.4 Å². The maximum Gasteiger partial charge on any atom is 0.490 e. The van der Waals surface area contributed by atoms with Crippen LogP contribution in [0.4, 0.5) is 24.5 Å². The number of carboxylic acids is 1. The first kappa shape index (κ1) is 34.5. The SMILES string of the molecule is CC1C(=O)N(Cc2ccc(C(=O)N3CC=CC3)cc2)c2cc(N3CCCC3)ccc2CN1C(=O)c1ccc(Cl)cc1.O=C(O)C(F)(F)F. The molecule has 3 aromatic carbocycles. The van der Waals surface area contributed by atoms with Crippen molar-refractivity contribution in [3.8, 4) is 0 Å². The van der Waals surface area contributed by atoms with Crippen LogP contribution in [0.2, 0.25) is 5.02 Å². The number of fused-ring (bicyclic) bond motifs is 1. The standard InChI is InChI=1S/C33H33ClN4O3.C2HF3O2/c1-23-31(39)38(21-24-6-8-25(9-7-24)32(40)36-18-4-5-19-36)30-20-29(35-16-2-3-17-35)15-12-27(30)22-37(23)33(41)26-10-13-28(34)14-11-26;3-2(4,5)1(6)7/h4-15,20,23H,2-3,16-19,21-22H2,1H3;(H,6,7). The minimum atomic E-state index is -5.08. The van der Waals surface area contributed by atoms with Gasteiger partial charge in [0, 0.05) is 54.6 Å². The van der Waals surface area contributed by atoms with Crippen LogP contribution in [0.25, 0.3) is 0 Å². The predicted octanol–water partition coefficient (Wildman–Crippen LogP) is 6.16. The van der Waals surface area contributed by atoms with Gasteiger partial charge in [-0.2, -0.15) is 13.2 Å². The Hall–Kier alpha value is -4.84. The molecule has 3 amide bonds. The average Bonchev–Trinajstić information content (AvgIpc) is 3.80. The van der Waals surface area contributed by atoms with Crippen LogP contribution < -0.4 is 9.80 Å². The van der Waals surface area contributed by atoms with Crippen molar-refractivity contribution < 1.29 is 37.5 Å². The van der Waals surface area contributed by atoms with E-state index >= 15 is 0 Å². The predicted molar refractivity (Wildman–Crippen MR) is 175 cm³/mol. The zero-order valence-corrected chi connectivity index (χ0v) is 26.9. The van der Waals surface area contributed by atoms with Crippen LogP contribution in [0.3, 0.4) is 0 Å². The number of rotatable bonds is 5. The molecule has 0 aromatic heterocycles. The Labute approximate surface area is 280 Å². The molecule has 1 atom stereocenters. The van der Waals surface area contributed by atoms with Gasteiger partial charge in [-0.3, -0.25) is 14.4 Å². The average molecular weight is 683 g/mol. The van der Waals surface area contributed by atoms with Crippen LogP contribution in [-0.2, 0) is 22.7 Å². The van der Waals surface area contributed by atoms with E-state index in [-0.39, 0.29) is 17.7 Å². The number of alkyl halides is 3. The lowest BCUT2D eigenvalue weighted by Crippen LogP contribution is -2.46. The van der Waals surface area contributed by atoms with E-state index in [1.165, 1.54) is 0 Å². The molecule has 1 unspecified atom stereocenters. The zero-order chi connectivity index (χ0) is 34.6. The van der Waals surface area contributed by atoms with Crippen LogP contribution in [-0.4, -0.2) is 77.0 Å². The fraction of sp³-hybridized carbons (Fsp3) is 0.314. The summed E-state index contributed by atoms with van der Waals surface area (Å²) >= 11 is 6.06. The Balaban J connectivity index is 0.000000582. The molecule has 9 nitrogen and oxygen atoms in total. The Morgan fingerprint density at radius 1 is 0.875 bits per heavy atom. The maximum absolute atomic E-state index is 14.1. The van der Waals surface area contributed by atoms with Crippen LogP contribution >= 0.6 is 11.6 Å².